The van der Waals surface area contributed by atoms with Crippen LogP contribution >= 0.6 is 11.8 Å². The van der Waals surface area contributed by atoms with E-state index >= 15 is 0 Å². The van der Waals surface area contributed by atoms with Gasteiger partial charge in [-0.25, -0.2) is 0 Å². The van der Waals surface area contributed by atoms with Crippen molar-refractivity contribution in [3.63, 3.8) is 0 Å². The predicted molar refractivity (Wildman–Crippen MR) is 43.3 cm³/mol. The number of rotatable bonds is 3. The third kappa shape index (κ3) is 1.18. The fraction of sp³-hybridized carbons (Fsp3) is 1.00. The molecule has 2 aliphatic rings. The van der Waals surface area contributed by atoms with E-state index in [9.17, 15) is 0 Å². The Morgan fingerprint density at radius 2 is 2.20 bits per heavy atom. The number of aliphatic hydroxyl groups is 1. The SMILES string of the molecule is OCC1(NC2CC2)CSC1. The van der Waals surface area contributed by atoms with Crippen molar-refractivity contribution in [3.8, 4) is 0 Å². The summed E-state index contributed by atoms with van der Waals surface area (Å²) in [4.78, 5) is 0. The molecule has 0 spiro atoms. The maximum absolute atomic E-state index is 9.04. The molecule has 1 aliphatic carbocycles. The molecule has 0 aromatic heterocycles. The second-order valence-electron chi connectivity index (χ2n) is 3.35. The van der Waals surface area contributed by atoms with Crippen molar-refractivity contribution >= 4 is 11.8 Å². The second kappa shape index (κ2) is 2.40. The van der Waals surface area contributed by atoms with Gasteiger partial charge in [0, 0.05) is 17.5 Å². The average Bonchev–Trinajstić information content (AvgIpc) is 2.62. The van der Waals surface area contributed by atoms with Crippen molar-refractivity contribution in [1.29, 1.82) is 0 Å². The third-order valence-electron chi connectivity index (χ3n) is 2.15. The number of nitrogens with one attached hydrogen (secondary N) is 1. The molecule has 1 aliphatic heterocycles. The molecule has 1 heterocycles. The number of hydrogen-bond acceptors (Lipinski definition) is 3. The lowest BCUT2D eigenvalue weighted by Gasteiger charge is -2.40. The van der Waals surface area contributed by atoms with Crippen LogP contribution < -0.4 is 5.32 Å². The first-order valence-corrected chi connectivity index (χ1v) is 4.96. The van der Waals surface area contributed by atoms with Gasteiger partial charge in [0.1, 0.15) is 0 Å². The van der Waals surface area contributed by atoms with E-state index in [1.54, 1.807) is 0 Å². The zero-order valence-electron chi connectivity index (χ0n) is 5.97. The molecule has 0 aromatic rings. The Kier molecular flexibility index (Phi) is 1.66. The highest BCUT2D eigenvalue weighted by Crippen LogP contribution is 2.33. The van der Waals surface area contributed by atoms with Crippen LogP contribution in [0.5, 0.6) is 0 Å². The Bertz CT molecular complexity index is 126. The molecule has 0 aromatic carbocycles. The van der Waals surface area contributed by atoms with Gasteiger partial charge in [-0.1, -0.05) is 0 Å². The Morgan fingerprint density at radius 3 is 2.50 bits per heavy atom. The van der Waals surface area contributed by atoms with Crippen LogP contribution in [0.15, 0.2) is 0 Å². The Balaban J connectivity index is 1.84. The molecule has 0 unspecified atom stereocenters. The molecule has 1 saturated carbocycles. The molecule has 2 N–H and O–H groups in total. The largest absolute Gasteiger partial charge is 0.394 e. The summed E-state index contributed by atoms with van der Waals surface area (Å²) in [5.41, 5.74) is 0.117. The summed E-state index contributed by atoms with van der Waals surface area (Å²) < 4.78 is 0. The van der Waals surface area contributed by atoms with E-state index in [0.29, 0.717) is 6.61 Å². The third-order valence-corrected chi connectivity index (χ3v) is 3.66. The Labute approximate surface area is 65.4 Å². The van der Waals surface area contributed by atoms with E-state index in [0.717, 1.165) is 17.5 Å². The summed E-state index contributed by atoms with van der Waals surface area (Å²) in [6.07, 6.45) is 2.62. The van der Waals surface area contributed by atoms with Gasteiger partial charge in [-0.3, -0.25) is 0 Å². The fourth-order valence-electron chi connectivity index (χ4n) is 1.23. The summed E-state index contributed by atoms with van der Waals surface area (Å²) in [6.45, 7) is 0.316. The Hall–Kier alpha value is 0.270. The van der Waals surface area contributed by atoms with Gasteiger partial charge in [0.15, 0.2) is 0 Å². The first kappa shape index (κ1) is 6.95. The summed E-state index contributed by atoms with van der Waals surface area (Å²) in [7, 11) is 0. The molecule has 0 radical (unpaired) electrons. The van der Waals surface area contributed by atoms with Gasteiger partial charge in [0.05, 0.1) is 12.1 Å². The summed E-state index contributed by atoms with van der Waals surface area (Å²) >= 11 is 1.92. The molecule has 0 amide bonds. The van der Waals surface area contributed by atoms with Crippen LogP contribution in [0.3, 0.4) is 0 Å². The minimum Gasteiger partial charge on any atom is -0.394 e. The second-order valence-corrected chi connectivity index (χ2v) is 4.34. The molecule has 2 nitrogen and oxygen atoms in total. The minimum absolute atomic E-state index is 0.117. The van der Waals surface area contributed by atoms with Crippen molar-refractivity contribution in [1.82, 2.24) is 5.32 Å². The number of hydrogen-bond donors (Lipinski definition) is 2. The van der Waals surface area contributed by atoms with Crippen LogP contribution in [0.2, 0.25) is 0 Å². The molecular weight excluding hydrogens is 146 g/mol. The molecule has 1 saturated heterocycles. The highest BCUT2D eigenvalue weighted by molar-refractivity contribution is 8.00. The lowest BCUT2D eigenvalue weighted by molar-refractivity contribution is 0.186. The van der Waals surface area contributed by atoms with Crippen molar-refractivity contribution in [2.24, 2.45) is 0 Å². The van der Waals surface area contributed by atoms with Gasteiger partial charge < -0.3 is 10.4 Å². The average molecular weight is 159 g/mol. The predicted octanol–water partition coefficient (Wildman–Crippen LogP) is 0.216. The minimum atomic E-state index is 0.117. The molecule has 3 heteroatoms. The normalized spacial score (nSPS) is 29.7. The van der Waals surface area contributed by atoms with Crippen molar-refractivity contribution in [2.45, 2.75) is 24.4 Å². The highest BCUT2D eigenvalue weighted by atomic mass is 32.2. The van der Waals surface area contributed by atoms with Crippen LogP contribution in [0.4, 0.5) is 0 Å². The fourth-order valence-corrected chi connectivity index (χ4v) is 2.28. The van der Waals surface area contributed by atoms with Crippen LogP contribution in [0.25, 0.3) is 0 Å². The van der Waals surface area contributed by atoms with Crippen LogP contribution in [0, 0.1) is 0 Å². The van der Waals surface area contributed by atoms with Gasteiger partial charge >= 0.3 is 0 Å². The quantitative estimate of drug-likeness (QED) is 0.617. The van der Waals surface area contributed by atoms with Gasteiger partial charge in [-0.15, -0.1) is 0 Å². The smallest absolute Gasteiger partial charge is 0.0629 e. The van der Waals surface area contributed by atoms with E-state index in [1.165, 1.54) is 12.8 Å². The van der Waals surface area contributed by atoms with Crippen molar-refractivity contribution in [3.05, 3.63) is 0 Å². The van der Waals surface area contributed by atoms with E-state index in [2.05, 4.69) is 5.32 Å². The maximum atomic E-state index is 9.04. The Morgan fingerprint density at radius 1 is 1.50 bits per heavy atom. The zero-order chi connectivity index (χ0) is 7.03. The van der Waals surface area contributed by atoms with E-state index < -0.39 is 0 Å². The lowest BCUT2D eigenvalue weighted by Crippen LogP contribution is -2.59. The topological polar surface area (TPSA) is 32.3 Å². The molecule has 2 fully saturated rings. The van der Waals surface area contributed by atoms with E-state index in [1.807, 2.05) is 11.8 Å². The van der Waals surface area contributed by atoms with Gasteiger partial charge in [-0.2, -0.15) is 11.8 Å². The standard InChI is InChI=1S/C7H13NOS/c9-3-7(4-10-5-7)8-6-1-2-6/h6,8-9H,1-5H2. The van der Waals surface area contributed by atoms with Crippen LogP contribution in [-0.4, -0.2) is 34.8 Å². The molecule has 0 bridgehead atoms. The van der Waals surface area contributed by atoms with Gasteiger partial charge in [0.25, 0.3) is 0 Å². The number of aliphatic hydroxyl groups excluding tert-OH is 1. The maximum Gasteiger partial charge on any atom is 0.0629 e. The van der Waals surface area contributed by atoms with E-state index in [-0.39, 0.29) is 5.54 Å². The molecular formula is C7H13NOS. The zero-order valence-corrected chi connectivity index (χ0v) is 6.78. The van der Waals surface area contributed by atoms with Crippen molar-refractivity contribution in [2.75, 3.05) is 18.1 Å². The monoisotopic (exact) mass is 159 g/mol. The lowest BCUT2D eigenvalue weighted by atomic mass is 10.1. The molecule has 2 rings (SSSR count). The van der Waals surface area contributed by atoms with Crippen LogP contribution in [-0.2, 0) is 0 Å². The van der Waals surface area contributed by atoms with E-state index in [4.69, 9.17) is 5.11 Å². The molecule has 58 valence electrons. The van der Waals surface area contributed by atoms with Gasteiger partial charge in [-0.05, 0) is 12.8 Å². The van der Waals surface area contributed by atoms with Gasteiger partial charge in [0.2, 0.25) is 0 Å². The summed E-state index contributed by atoms with van der Waals surface area (Å²) in [5, 5.41) is 12.5. The summed E-state index contributed by atoms with van der Waals surface area (Å²) in [6, 6.07) is 0.730. The first-order valence-electron chi connectivity index (χ1n) is 3.81. The summed E-state index contributed by atoms with van der Waals surface area (Å²) in [5.74, 6) is 2.19. The number of thioether (sulfide) groups is 1. The highest BCUT2D eigenvalue weighted by Gasteiger charge is 2.41. The van der Waals surface area contributed by atoms with Crippen LogP contribution in [0.1, 0.15) is 12.8 Å². The molecule has 0 atom stereocenters. The first-order chi connectivity index (χ1) is 4.85. The molecule has 10 heavy (non-hydrogen) atoms. The van der Waals surface area contributed by atoms with Crippen molar-refractivity contribution < 1.29 is 5.11 Å².